The molecule has 0 aliphatic carbocycles. The molecule has 3 heterocycles. The molecule has 14 heteroatoms. The van der Waals surface area contributed by atoms with E-state index in [1.807, 2.05) is 51.7 Å². The third kappa shape index (κ3) is 10.0. The molecule has 0 aromatic heterocycles. The van der Waals surface area contributed by atoms with Gasteiger partial charge < -0.3 is 63.8 Å². The number of carbonyl (C=O) groups is 1. The summed E-state index contributed by atoms with van der Waals surface area (Å²) >= 11 is 0. The fraction of sp³-hybridized carbons (Fsp3) is 0.974. The maximum Gasteiger partial charge on any atom is 0.311 e. The molecule has 0 amide bonds. The van der Waals surface area contributed by atoms with Crippen molar-refractivity contribution in [1.82, 2.24) is 9.80 Å². The molecule has 3 aliphatic rings. The van der Waals surface area contributed by atoms with Gasteiger partial charge in [0.2, 0.25) is 0 Å². The molecule has 0 aromatic carbocycles. The van der Waals surface area contributed by atoms with E-state index >= 15 is 0 Å². The Hall–Kier alpha value is -1.01. The number of nitrogens with zero attached hydrogens (tertiary/aromatic N) is 2. The number of hydrogen-bond acceptors (Lipinski definition) is 14. The first-order chi connectivity index (χ1) is 23.9. The first-order valence-electron chi connectivity index (χ1n) is 19.1. The Kier molecular flexibility index (Phi) is 15.6. The highest BCUT2D eigenvalue weighted by molar-refractivity contribution is 5.73. The van der Waals surface area contributed by atoms with Gasteiger partial charge in [-0.3, -0.25) is 4.79 Å². The number of rotatable bonds is 7. The number of hydrogen-bond donors (Lipinski definition) is 5. The summed E-state index contributed by atoms with van der Waals surface area (Å²) in [5.74, 6) is -2.58. The van der Waals surface area contributed by atoms with Crippen LogP contribution in [0.25, 0.3) is 0 Å². The highest BCUT2D eigenvalue weighted by Gasteiger charge is 2.52. The summed E-state index contributed by atoms with van der Waals surface area (Å²) in [7, 11) is 7.12. The summed E-state index contributed by atoms with van der Waals surface area (Å²) in [6.45, 7) is 18.0. The van der Waals surface area contributed by atoms with E-state index in [9.17, 15) is 30.3 Å². The fourth-order valence-electron chi connectivity index (χ4n) is 8.74. The average molecular weight is 749 g/mol. The van der Waals surface area contributed by atoms with Gasteiger partial charge in [-0.1, -0.05) is 20.8 Å². The molecule has 0 spiro atoms. The molecular formula is C38H72N2O12. The van der Waals surface area contributed by atoms with Crippen LogP contribution in [-0.4, -0.2) is 166 Å². The molecule has 52 heavy (non-hydrogen) atoms. The van der Waals surface area contributed by atoms with E-state index in [0.717, 1.165) is 0 Å². The van der Waals surface area contributed by atoms with Gasteiger partial charge in [0.1, 0.15) is 30.0 Å². The summed E-state index contributed by atoms with van der Waals surface area (Å²) in [5.41, 5.74) is -4.37. The van der Waals surface area contributed by atoms with E-state index in [0.29, 0.717) is 13.0 Å². The number of ether oxygens (including phenoxy) is 6. The molecular weight excluding hydrogens is 676 g/mol. The van der Waals surface area contributed by atoms with Crippen molar-refractivity contribution in [3.05, 3.63) is 0 Å². The molecule has 5 N–H and O–H groups in total. The van der Waals surface area contributed by atoms with Gasteiger partial charge in [-0.15, -0.1) is 0 Å². The van der Waals surface area contributed by atoms with Gasteiger partial charge in [0, 0.05) is 38.1 Å². The zero-order chi connectivity index (χ0) is 39.7. The summed E-state index contributed by atoms with van der Waals surface area (Å²) in [6, 6.07) is -0.808. The number of aliphatic hydroxyl groups is 5. The third-order valence-electron chi connectivity index (χ3n) is 12.2. The van der Waals surface area contributed by atoms with E-state index < -0.39 is 96.0 Å². The molecule has 0 unspecified atom stereocenters. The maximum absolute atomic E-state index is 14.2. The predicted molar refractivity (Wildman–Crippen MR) is 194 cm³/mol. The minimum absolute atomic E-state index is 0.133. The smallest absolute Gasteiger partial charge is 0.311 e. The Labute approximate surface area is 312 Å². The molecule has 3 aliphatic heterocycles. The lowest BCUT2D eigenvalue weighted by atomic mass is 9.77. The van der Waals surface area contributed by atoms with Crippen molar-refractivity contribution in [1.29, 1.82) is 0 Å². The third-order valence-corrected chi connectivity index (χ3v) is 12.2. The molecule has 3 rings (SSSR count). The van der Waals surface area contributed by atoms with Crippen LogP contribution in [0, 0.1) is 17.8 Å². The summed E-state index contributed by atoms with van der Waals surface area (Å²) in [4.78, 5) is 18.0. The topological polar surface area (TPSA) is 180 Å². The van der Waals surface area contributed by atoms with Gasteiger partial charge in [0.05, 0.1) is 41.5 Å². The number of methoxy groups -OCH3 is 1. The van der Waals surface area contributed by atoms with Gasteiger partial charge in [0.15, 0.2) is 12.6 Å². The predicted octanol–water partition coefficient (Wildman–Crippen LogP) is 1.90. The van der Waals surface area contributed by atoms with Crippen molar-refractivity contribution in [3.63, 3.8) is 0 Å². The fourth-order valence-corrected chi connectivity index (χ4v) is 8.74. The van der Waals surface area contributed by atoms with Crippen molar-refractivity contribution in [2.24, 2.45) is 17.8 Å². The quantitative estimate of drug-likeness (QED) is 0.238. The van der Waals surface area contributed by atoms with Gasteiger partial charge in [0.25, 0.3) is 0 Å². The second kappa shape index (κ2) is 17.8. The first-order valence-corrected chi connectivity index (χ1v) is 19.1. The van der Waals surface area contributed by atoms with E-state index in [1.54, 1.807) is 41.5 Å². The Morgan fingerprint density at radius 2 is 1.56 bits per heavy atom. The molecule has 0 radical (unpaired) electrons. The molecule has 3 saturated heterocycles. The second-order valence-corrected chi connectivity index (χ2v) is 17.2. The minimum Gasteiger partial charge on any atom is -0.459 e. The number of cyclic esters (lactones) is 1. The van der Waals surface area contributed by atoms with Crippen LogP contribution in [0.15, 0.2) is 0 Å². The minimum atomic E-state index is -1.80. The Balaban J connectivity index is 2.17. The highest BCUT2D eigenvalue weighted by Crippen LogP contribution is 2.40. The average Bonchev–Trinajstić information content (AvgIpc) is 3.05. The standard InChI is InChI=1S/C38H72N2O12/c1-15-27-38(10,46)31(42)24(6)40(13)19-20(2)17-36(8,45)33(52-35-29(41)26(39(11)12)16-21(3)48-35)22(4)30(23(5)34(44)50-27)51-28-18-37(9,47-14)32(43)25(7)49-28/h20-33,35,41-43,45-46H,15-19H2,1-14H3/t20-,21+,22-,23+,24+,25-,26-,27+,28-,29+,30-,31+,32-,33+,35-,36+,37+,38+/m0/s1. The normalized spacial score (nSPS) is 49.6. The van der Waals surface area contributed by atoms with Crippen molar-refractivity contribution < 1.29 is 58.7 Å². The van der Waals surface area contributed by atoms with Gasteiger partial charge in [-0.05, 0) is 94.8 Å². The zero-order valence-electron chi connectivity index (χ0n) is 34.2. The summed E-state index contributed by atoms with van der Waals surface area (Å²) in [5, 5.41) is 58.1. The lowest BCUT2D eigenvalue weighted by Gasteiger charge is -2.48. The van der Waals surface area contributed by atoms with Crippen molar-refractivity contribution in [2.75, 3.05) is 34.8 Å². The van der Waals surface area contributed by atoms with E-state index in [-0.39, 0.29) is 37.3 Å². The van der Waals surface area contributed by atoms with Crippen molar-refractivity contribution in [2.45, 2.75) is 185 Å². The van der Waals surface area contributed by atoms with Gasteiger partial charge in [-0.25, -0.2) is 0 Å². The lowest BCUT2D eigenvalue weighted by Crippen LogP contribution is -2.60. The summed E-state index contributed by atoms with van der Waals surface area (Å²) < 4.78 is 37.5. The van der Waals surface area contributed by atoms with Crippen LogP contribution >= 0.6 is 0 Å². The van der Waals surface area contributed by atoms with E-state index in [2.05, 4.69) is 0 Å². The van der Waals surface area contributed by atoms with E-state index in [1.165, 1.54) is 14.0 Å². The molecule has 0 aromatic rings. The van der Waals surface area contributed by atoms with E-state index in [4.69, 9.17) is 28.4 Å². The summed E-state index contributed by atoms with van der Waals surface area (Å²) in [6.07, 6.45) is -8.19. The lowest BCUT2D eigenvalue weighted by molar-refractivity contribution is -0.318. The molecule has 0 saturated carbocycles. The number of likely N-dealkylation sites (N-methyl/N-ethyl adjacent to an activating group) is 2. The maximum atomic E-state index is 14.2. The molecule has 0 bridgehead atoms. The van der Waals surface area contributed by atoms with Crippen molar-refractivity contribution in [3.8, 4) is 0 Å². The second-order valence-electron chi connectivity index (χ2n) is 17.2. The highest BCUT2D eigenvalue weighted by atomic mass is 16.7. The van der Waals surface area contributed by atoms with Crippen LogP contribution in [0.4, 0.5) is 0 Å². The van der Waals surface area contributed by atoms with Crippen LogP contribution in [0.5, 0.6) is 0 Å². The Morgan fingerprint density at radius 3 is 2.12 bits per heavy atom. The Morgan fingerprint density at radius 1 is 0.942 bits per heavy atom. The van der Waals surface area contributed by atoms with Crippen LogP contribution in [-0.2, 0) is 33.2 Å². The first kappa shape index (κ1) is 45.4. The molecule has 14 nitrogen and oxygen atoms in total. The van der Waals surface area contributed by atoms with Crippen LogP contribution in [0.2, 0.25) is 0 Å². The SMILES string of the molecule is CC[C@H]1OC(=O)[C@H](C)[C@@H](O[C@H]2C[C@@](C)(OC)[C@@H](O)[C@H](C)O2)[C@H](C)[C@@H](O[C@@H]2O[C@H](C)C[C@H](N(C)C)[C@H]2O)[C@](C)(O)C[C@H](C)CN(C)[C@H](C)[C@@H](O)[C@]1(C)O. The van der Waals surface area contributed by atoms with Gasteiger partial charge in [-0.2, -0.15) is 0 Å². The monoisotopic (exact) mass is 749 g/mol. The van der Waals surface area contributed by atoms with Gasteiger partial charge >= 0.3 is 5.97 Å². The molecule has 3 fully saturated rings. The van der Waals surface area contributed by atoms with Crippen molar-refractivity contribution >= 4 is 5.97 Å². The van der Waals surface area contributed by atoms with Crippen LogP contribution < -0.4 is 0 Å². The van der Waals surface area contributed by atoms with Crippen LogP contribution in [0.1, 0.15) is 94.9 Å². The molecule has 306 valence electrons. The van der Waals surface area contributed by atoms with Crippen LogP contribution in [0.3, 0.4) is 0 Å². The Bertz CT molecular complexity index is 1140. The number of carbonyl (C=O) groups excluding carboxylic acids is 1. The zero-order valence-corrected chi connectivity index (χ0v) is 34.2. The number of aliphatic hydroxyl groups excluding tert-OH is 3. The largest absolute Gasteiger partial charge is 0.459 e. The number of esters is 1. The molecule has 18 atom stereocenters.